The van der Waals surface area contributed by atoms with E-state index in [1.54, 1.807) is 6.20 Å². The second-order valence-electron chi connectivity index (χ2n) is 7.99. The first-order valence-electron chi connectivity index (χ1n) is 10.8. The fraction of sp³-hybridized carbons (Fsp3) is 0.160. The van der Waals surface area contributed by atoms with Crippen LogP contribution < -0.4 is 15.4 Å². The number of nitrogens with zero attached hydrogens (tertiary/aromatic N) is 2. The summed E-state index contributed by atoms with van der Waals surface area (Å²) in [5.74, 6) is 0.143. The van der Waals surface area contributed by atoms with E-state index in [1.807, 2.05) is 48.5 Å². The van der Waals surface area contributed by atoms with Crippen molar-refractivity contribution in [3.63, 3.8) is 0 Å². The first-order valence-corrected chi connectivity index (χ1v) is 10.8. The smallest absolute Gasteiger partial charge is 0.272 e. The number of carbonyl (C=O) groups excluding carboxylic acids is 3. The van der Waals surface area contributed by atoms with E-state index in [1.165, 1.54) is 6.33 Å². The van der Waals surface area contributed by atoms with Crippen LogP contribution in [0.3, 0.4) is 0 Å². The maximum Gasteiger partial charge on any atom is 0.272 e. The Kier molecular flexibility index (Phi) is 5.73. The molecule has 1 aliphatic rings. The van der Waals surface area contributed by atoms with Gasteiger partial charge in [-0.1, -0.05) is 36.4 Å². The second-order valence-corrected chi connectivity index (χ2v) is 7.99. The van der Waals surface area contributed by atoms with E-state index in [9.17, 15) is 14.4 Å². The maximum atomic E-state index is 12.9. The van der Waals surface area contributed by atoms with Gasteiger partial charge < -0.3 is 20.4 Å². The van der Waals surface area contributed by atoms with Crippen molar-refractivity contribution >= 4 is 34.3 Å². The van der Waals surface area contributed by atoms with Crippen molar-refractivity contribution in [1.29, 1.82) is 0 Å². The third-order valence-electron chi connectivity index (χ3n) is 5.51. The second kappa shape index (κ2) is 9.14. The molecule has 9 heteroatoms. The summed E-state index contributed by atoms with van der Waals surface area (Å²) in [6.07, 6.45) is 3.44. The summed E-state index contributed by atoms with van der Waals surface area (Å²) >= 11 is 0. The van der Waals surface area contributed by atoms with Gasteiger partial charge in [0, 0.05) is 24.7 Å². The molecule has 0 saturated heterocycles. The Hall–Kier alpha value is -4.53. The minimum atomic E-state index is -0.388. The first-order chi connectivity index (χ1) is 16.6. The van der Waals surface area contributed by atoms with Crippen molar-refractivity contribution in [2.45, 2.75) is 19.4 Å². The third-order valence-corrected chi connectivity index (χ3v) is 5.51. The molecule has 0 unspecified atom stereocenters. The minimum Gasteiger partial charge on any atom is -0.486 e. The van der Waals surface area contributed by atoms with Crippen molar-refractivity contribution in [3.8, 4) is 5.75 Å². The fourth-order valence-electron chi connectivity index (χ4n) is 3.89. The van der Waals surface area contributed by atoms with E-state index in [0.717, 1.165) is 16.7 Å². The molecule has 2 amide bonds. The van der Waals surface area contributed by atoms with Crippen LogP contribution in [0, 0.1) is 0 Å². The van der Waals surface area contributed by atoms with Gasteiger partial charge in [-0.25, -0.2) is 9.97 Å². The Morgan fingerprint density at radius 3 is 2.76 bits per heavy atom. The molecular formula is C25H21N5O4. The number of nitrogens with one attached hydrogen (secondary N) is 3. The van der Waals surface area contributed by atoms with Crippen LogP contribution in [-0.2, 0) is 29.0 Å². The minimum absolute atomic E-state index is 0.0236. The van der Waals surface area contributed by atoms with Gasteiger partial charge in [0.05, 0.1) is 17.6 Å². The number of fused-ring (bicyclic) bond motifs is 2. The van der Waals surface area contributed by atoms with Gasteiger partial charge >= 0.3 is 0 Å². The van der Waals surface area contributed by atoms with Crippen molar-refractivity contribution in [3.05, 3.63) is 83.4 Å². The van der Waals surface area contributed by atoms with Crippen LogP contribution >= 0.6 is 0 Å². The summed E-state index contributed by atoms with van der Waals surface area (Å²) < 4.78 is 5.41. The van der Waals surface area contributed by atoms with E-state index in [2.05, 4.69) is 25.6 Å². The number of Topliss-reactive ketones (excluding diaryl/α,β-unsaturated/α-hetero) is 1. The monoisotopic (exact) mass is 455 g/mol. The number of H-pyrrole nitrogens is 1. The predicted molar refractivity (Wildman–Crippen MR) is 124 cm³/mol. The highest BCUT2D eigenvalue weighted by molar-refractivity contribution is 6.08. The molecule has 2 aromatic carbocycles. The zero-order chi connectivity index (χ0) is 23.5. The molecule has 9 nitrogen and oxygen atoms in total. The van der Waals surface area contributed by atoms with Gasteiger partial charge in [0.25, 0.3) is 5.91 Å². The number of aromatic amines is 1. The van der Waals surface area contributed by atoms with Crippen LogP contribution in [0.2, 0.25) is 0 Å². The molecule has 1 aliphatic heterocycles. The molecule has 0 radical (unpaired) electrons. The number of aromatic nitrogens is 3. The number of benzene rings is 2. The lowest BCUT2D eigenvalue weighted by atomic mass is 10.0. The molecule has 0 spiro atoms. The summed E-state index contributed by atoms with van der Waals surface area (Å²) in [7, 11) is 0. The summed E-state index contributed by atoms with van der Waals surface area (Å²) in [6, 6.07) is 14.9. The Balaban J connectivity index is 1.28. The van der Waals surface area contributed by atoms with Gasteiger partial charge in [0.15, 0.2) is 11.5 Å². The Morgan fingerprint density at radius 2 is 1.91 bits per heavy atom. The lowest BCUT2D eigenvalue weighted by molar-refractivity contribution is -0.121. The van der Waals surface area contributed by atoms with Crippen molar-refractivity contribution in [2.75, 3.05) is 11.9 Å². The SMILES string of the molecule is O=C1COc2ccc(CNC(=O)c3ncnc4c(NC(=O)Cc5ccccc5)c[nH]c34)cc2C1. The van der Waals surface area contributed by atoms with Crippen molar-refractivity contribution in [1.82, 2.24) is 20.3 Å². The lowest BCUT2D eigenvalue weighted by Crippen LogP contribution is -2.25. The Labute approximate surface area is 194 Å². The highest BCUT2D eigenvalue weighted by Crippen LogP contribution is 2.25. The maximum absolute atomic E-state index is 12.9. The number of rotatable bonds is 6. The molecule has 0 atom stereocenters. The lowest BCUT2D eigenvalue weighted by Gasteiger charge is -2.17. The van der Waals surface area contributed by atoms with Crippen molar-refractivity contribution in [2.24, 2.45) is 0 Å². The van der Waals surface area contributed by atoms with Crippen LogP contribution in [0.5, 0.6) is 5.75 Å². The van der Waals surface area contributed by atoms with Crippen LogP contribution in [0.25, 0.3) is 11.0 Å². The molecule has 2 aromatic heterocycles. The molecule has 5 rings (SSSR count). The number of anilines is 1. The quantitative estimate of drug-likeness (QED) is 0.410. The van der Waals surface area contributed by atoms with Crippen LogP contribution in [0.15, 0.2) is 61.1 Å². The van der Waals surface area contributed by atoms with E-state index < -0.39 is 0 Å². The molecule has 4 aromatic rings. The average molecular weight is 455 g/mol. The summed E-state index contributed by atoms with van der Waals surface area (Å²) in [4.78, 5) is 48.3. The standard InChI is InChI=1S/C25H21N5O4/c31-18-10-17-8-16(6-7-20(17)34-13-18)11-27-25(33)24-23-22(28-14-29-24)19(12-26-23)30-21(32)9-15-4-2-1-3-5-15/h1-8,12,14,26H,9-11,13H2,(H,27,33)(H,30,32). The zero-order valence-corrected chi connectivity index (χ0v) is 18.1. The summed E-state index contributed by atoms with van der Waals surface area (Å²) in [5, 5.41) is 5.68. The summed E-state index contributed by atoms with van der Waals surface area (Å²) in [6.45, 7) is 0.352. The number of ketones is 1. The van der Waals surface area contributed by atoms with Gasteiger partial charge in [-0.15, -0.1) is 0 Å². The van der Waals surface area contributed by atoms with Crippen molar-refractivity contribution < 1.29 is 19.1 Å². The molecule has 0 bridgehead atoms. The number of hydrogen-bond acceptors (Lipinski definition) is 6. The third kappa shape index (κ3) is 4.49. The van der Waals surface area contributed by atoms with Gasteiger partial charge in [-0.05, 0) is 23.3 Å². The first kappa shape index (κ1) is 21.3. The highest BCUT2D eigenvalue weighted by Gasteiger charge is 2.19. The molecule has 3 heterocycles. The van der Waals surface area contributed by atoms with Crippen LogP contribution in [-0.4, -0.2) is 39.2 Å². The van der Waals surface area contributed by atoms with E-state index in [0.29, 0.717) is 28.9 Å². The highest BCUT2D eigenvalue weighted by atomic mass is 16.5. The Morgan fingerprint density at radius 1 is 1.06 bits per heavy atom. The number of amides is 2. The number of ether oxygens (including phenoxy) is 1. The molecule has 0 aliphatic carbocycles. The average Bonchev–Trinajstić information content (AvgIpc) is 3.25. The number of hydrogen-bond donors (Lipinski definition) is 3. The molecule has 0 saturated carbocycles. The normalized spacial score (nSPS) is 12.6. The van der Waals surface area contributed by atoms with E-state index >= 15 is 0 Å². The molecular weight excluding hydrogens is 434 g/mol. The predicted octanol–water partition coefficient (Wildman–Crippen LogP) is 2.57. The Bertz CT molecular complexity index is 1400. The van der Waals surface area contributed by atoms with E-state index in [-0.39, 0.29) is 42.9 Å². The number of carbonyl (C=O) groups is 3. The van der Waals surface area contributed by atoms with Gasteiger partial charge in [-0.3, -0.25) is 14.4 Å². The molecule has 0 fully saturated rings. The topological polar surface area (TPSA) is 126 Å². The molecule has 34 heavy (non-hydrogen) atoms. The zero-order valence-electron chi connectivity index (χ0n) is 18.1. The fourth-order valence-corrected chi connectivity index (χ4v) is 3.89. The van der Waals surface area contributed by atoms with Gasteiger partial charge in [-0.2, -0.15) is 0 Å². The molecule has 3 N–H and O–H groups in total. The van der Waals surface area contributed by atoms with E-state index in [4.69, 9.17) is 4.74 Å². The van der Waals surface area contributed by atoms with Crippen LogP contribution in [0.1, 0.15) is 27.2 Å². The largest absolute Gasteiger partial charge is 0.486 e. The van der Waals surface area contributed by atoms with Crippen LogP contribution in [0.4, 0.5) is 5.69 Å². The van der Waals surface area contributed by atoms with Gasteiger partial charge in [0.1, 0.15) is 24.2 Å². The summed E-state index contributed by atoms with van der Waals surface area (Å²) in [5.41, 5.74) is 4.08. The van der Waals surface area contributed by atoms with Gasteiger partial charge in [0.2, 0.25) is 5.91 Å². The molecule has 170 valence electrons.